The summed E-state index contributed by atoms with van der Waals surface area (Å²) in [5, 5.41) is 5.55. The summed E-state index contributed by atoms with van der Waals surface area (Å²) in [4.78, 5) is 12.0. The maximum absolute atomic E-state index is 12.0. The molecule has 3 N–H and O–H groups in total. The van der Waals surface area contributed by atoms with Gasteiger partial charge >= 0.3 is 6.03 Å². The van der Waals surface area contributed by atoms with Crippen molar-refractivity contribution in [2.75, 3.05) is 30.7 Å². The first-order chi connectivity index (χ1) is 13.4. The second-order valence-electron chi connectivity index (χ2n) is 6.41. The Balaban J connectivity index is 1.43. The third kappa shape index (κ3) is 6.05. The number of urea groups is 1. The third-order valence-corrected chi connectivity index (χ3v) is 4.60. The van der Waals surface area contributed by atoms with Gasteiger partial charge in [-0.15, -0.1) is 0 Å². The van der Waals surface area contributed by atoms with E-state index in [-0.39, 0.29) is 12.6 Å². The third-order valence-electron chi connectivity index (χ3n) is 3.99. The summed E-state index contributed by atoms with van der Waals surface area (Å²) < 4.78 is 36.0. The fraction of sp³-hybridized carbons (Fsp3) is 0.316. The van der Waals surface area contributed by atoms with E-state index >= 15 is 0 Å². The fourth-order valence-corrected chi connectivity index (χ4v) is 3.32. The topological polar surface area (TPSA) is 106 Å². The molecule has 2 aromatic carbocycles. The molecule has 28 heavy (non-hydrogen) atoms. The Kier molecular flexibility index (Phi) is 6.25. The molecule has 0 fully saturated rings. The van der Waals surface area contributed by atoms with Crippen LogP contribution in [0.2, 0.25) is 0 Å². The molecule has 9 heteroatoms. The molecular formula is C19H23N3O5S. The highest BCUT2D eigenvalue weighted by molar-refractivity contribution is 7.92. The summed E-state index contributed by atoms with van der Waals surface area (Å²) in [6.07, 6.45) is 1.75. The zero-order valence-corrected chi connectivity index (χ0v) is 16.3. The van der Waals surface area contributed by atoms with Gasteiger partial charge in [-0.2, -0.15) is 0 Å². The second-order valence-corrected chi connectivity index (χ2v) is 8.16. The van der Waals surface area contributed by atoms with Crippen LogP contribution < -0.4 is 24.8 Å². The first-order valence-corrected chi connectivity index (χ1v) is 10.8. The number of ether oxygens (including phenoxy) is 2. The number of anilines is 1. The number of hydrogen-bond acceptors (Lipinski definition) is 5. The van der Waals surface area contributed by atoms with E-state index in [2.05, 4.69) is 15.4 Å². The molecule has 0 radical (unpaired) electrons. The van der Waals surface area contributed by atoms with Crippen LogP contribution in [0.15, 0.2) is 42.5 Å². The Bertz CT molecular complexity index is 946. The minimum Gasteiger partial charge on any atom is -0.486 e. The van der Waals surface area contributed by atoms with Gasteiger partial charge in [0, 0.05) is 18.8 Å². The molecule has 1 aliphatic heterocycles. The Morgan fingerprint density at radius 3 is 2.57 bits per heavy atom. The molecule has 0 saturated carbocycles. The molecule has 2 aromatic rings. The second kappa shape index (κ2) is 8.83. The van der Waals surface area contributed by atoms with Gasteiger partial charge in [0.2, 0.25) is 10.0 Å². The highest BCUT2D eigenvalue weighted by Gasteiger charge is 2.11. The van der Waals surface area contributed by atoms with Crippen molar-refractivity contribution in [2.24, 2.45) is 0 Å². The van der Waals surface area contributed by atoms with Crippen molar-refractivity contribution in [1.29, 1.82) is 0 Å². The van der Waals surface area contributed by atoms with Crippen molar-refractivity contribution in [1.82, 2.24) is 10.6 Å². The molecule has 1 heterocycles. The van der Waals surface area contributed by atoms with Gasteiger partial charge in [0.25, 0.3) is 0 Å². The monoisotopic (exact) mass is 405 g/mol. The Morgan fingerprint density at radius 2 is 1.79 bits per heavy atom. The minimum atomic E-state index is -3.34. The molecule has 0 atom stereocenters. The predicted molar refractivity (Wildman–Crippen MR) is 106 cm³/mol. The molecule has 150 valence electrons. The average molecular weight is 405 g/mol. The number of amides is 2. The summed E-state index contributed by atoms with van der Waals surface area (Å²) in [5.74, 6) is 1.48. The molecule has 8 nitrogen and oxygen atoms in total. The molecule has 2 amide bonds. The zero-order valence-electron chi connectivity index (χ0n) is 15.5. The van der Waals surface area contributed by atoms with Gasteiger partial charge in [-0.3, -0.25) is 4.72 Å². The molecule has 0 aliphatic carbocycles. The van der Waals surface area contributed by atoms with E-state index in [1.165, 1.54) is 0 Å². The molecular weight excluding hydrogens is 382 g/mol. The van der Waals surface area contributed by atoms with Gasteiger partial charge < -0.3 is 20.1 Å². The van der Waals surface area contributed by atoms with Gasteiger partial charge in [0.05, 0.1) is 6.26 Å². The first kappa shape index (κ1) is 19.8. The largest absolute Gasteiger partial charge is 0.486 e. The van der Waals surface area contributed by atoms with Crippen LogP contribution in [0.1, 0.15) is 11.1 Å². The lowest BCUT2D eigenvalue weighted by Crippen LogP contribution is -2.36. The molecule has 0 spiro atoms. The summed E-state index contributed by atoms with van der Waals surface area (Å²) in [6, 6.07) is 12.3. The number of nitrogens with one attached hydrogen (secondary N) is 3. The Labute approximate surface area is 164 Å². The number of hydrogen-bond donors (Lipinski definition) is 3. The van der Waals surface area contributed by atoms with Crippen molar-refractivity contribution in [3.63, 3.8) is 0 Å². The van der Waals surface area contributed by atoms with Crippen LogP contribution >= 0.6 is 0 Å². The normalized spacial score (nSPS) is 12.9. The molecule has 3 rings (SSSR count). The van der Waals surface area contributed by atoms with Crippen LogP contribution in [-0.4, -0.2) is 40.5 Å². The van der Waals surface area contributed by atoms with Gasteiger partial charge in [0.1, 0.15) is 13.2 Å². The molecule has 0 bridgehead atoms. The first-order valence-electron chi connectivity index (χ1n) is 8.86. The maximum Gasteiger partial charge on any atom is 0.315 e. The highest BCUT2D eigenvalue weighted by Crippen LogP contribution is 2.30. The maximum atomic E-state index is 12.0. The van der Waals surface area contributed by atoms with Crippen molar-refractivity contribution in [2.45, 2.75) is 13.0 Å². The van der Waals surface area contributed by atoms with Crippen molar-refractivity contribution < 1.29 is 22.7 Å². The minimum absolute atomic E-state index is 0.287. The van der Waals surface area contributed by atoms with E-state index < -0.39 is 10.0 Å². The standard InChI is InChI=1S/C19H23N3O5S/c1-28(24,25)22-16-4-2-3-15(11-16)13-21-19(23)20-8-7-14-5-6-17-18(12-14)27-10-9-26-17/h2-6,11-12,22H,7-10,13H2,1H3,(H2,20,21,23). The number of rotatable bonds is 7. The number of fused-ring (bicyclic) bond motifs is 1. The van der Waals surface area contributed by atoms with E-state index in [1.807, 2.05) is 24.3 Å². The highest BCUT2D eigenvalue weighted by atomic mass is 32.2. The number of carbonyl (C=O) groups is 1. The lowest BCUT2D eigenvalue weighted by molar-refractivity contribution is 0.171. The Hall–Kier alpha value is -2.94. The smallest absolute Gasteiger partial charge is 0.315 e. The summed E-state index contributed by atoms with van der Waals surface area (Å²) in [7, 11) is -3.34. The fourth-order valence-electron chi connectivity index (χ4n) is 2.77. The molecule has 0 unspecified atom stereocenters. The van der Waals surface area contributed by atoms with E-state index in [1.54, 1.807) is 18.2 Å². The lowest BCUT2D eigenvalue weighted by Gasteiger charge is -2.18. The summed E-state index contributed by atoms with van der Waals surface area (Å²) >= 11 is 0. The molecule has 1 aliphatic rings. The van der Waals surface area contributed by atoms with E-state index in [0.717, 1.165) is 28.9 Å². The van der Waals surface area contributed by atoms with Gasteiger partial charge in [-0.1, -0.05) is 18.2 Å². The van der Waals surface area contributed by atoms with Crippen LogP contribution in [0.5, 0.6) is 11.5 Å². The molecule has 0 saturated heterocycles. The van der Waals surface area contributed by atoms with Crippen LogP contribution in [0.4, 0.5) is 10.5 Å². The molecule has 0 aromatic heterocycles. The summed E-state index contributed by atoms with van der Waals surface area (Å²) in [5.41, 5.74) is 2.29. The van der Waals surface area contributed by atoms with Gasteiger partial charge in [-0.25, -0.2) is 13.2 Å². The predicted octanol–water partition coefficient (Wildman–Crippen LogP) is 1.87. The SMILES string of the molecule is CS(=O)(=O)Nc1cccc(CNC(=O)NCCc2ccc3c(c2)OCCO3)c1. The average Bonchev–Trinajstić information content (AvgIpc) is 2.65. The van der Waals surface area contributed by atoms with Gasteiger partial charge in [-0.05, 0) is 41.8 Å². The van der Waals surface area contributed by atoms with Crippen LogP contribution in [0.25, 0.3) is 0 Å². The van der Waals surface area contributed by atoms with E-state index in [9.17, 15) is 13.2 Å². The van der Waals surface area contributed by atoms with Crippen LogP contribution in [0, 0.1) is 0 Å². The lowest BCUT2D eigenvalue weighted by atomic mass is 10.1. The van der Waals surface area contributed by atoms with Crippen molar-refractivity contribution in [3.8, 4) is 11.5 Å². The zero-order chi connectivity index (χ0) is 20.0. The van der Waals surface area contributed by atoms with Crippen molar-refractivity contribution >= 4 is 21.7 Å². The number of carbonyl (C=O) groups excluding carboxylic acids is 1. The number of benzene rings is 2. The van der Waals surface area contributed by atoms with E-state index in [4.69, 9.17) is 9.47 Å². The van der Waals surface area contributed by atoms with E-state index in [0.29, 0.717) is 31.9 Å². The van der Waals surface area contributed by atoms with Crippen molar-refractivity contribution in [3.05, 3.63) is 53.6 Å². The Morgan fingerprint density at radius 1 is 1.00 bits per heavy atom. The quantitative estimate of drug-likeness (QED) is 0.652. The van der Waals surface area contributed by atoms with Crippen LogP contribution in [-0.2, 0) is 23.0 Å². The van der Waals surface area contributed by atoms with Crippen LogP contribution in [0.3, 0.4) is 0 Å². The number of sulfonamides is 1. The summed E-state index contributed by atoms with van der Waals surface area (Å²) in [6.45, 7) is 1.86. The van der Waals surface area contributed by atoms with Gasteiger partial charge in [0.15, 0.2) is 11.5 Å².